The van der Waals surface area contributed by atoms with Gasteiger partial charge in [0.25, 0.3) is 0 Å². The van der Waals surface area contributed by atoms with Crippen molar-refractivity contribution in [2.24, 2.45) is 5.92 Å². The van der Waals surface area contributed by atoms with Crippen LogP contribution in [0.25, 0.3) is 0 Å². The summed E-state index contributed by atoms with van der Waals surface area (Å²) >= 11 is 0. The summed E-state index contributed by atoms with van der Waals surface area (Å²) in [6.07, 6.45) is 4.89. The lowest BCUT2D eigenvalue weighted by molar-refractivity contribution is -0.136. The maximum absolute atomic E-state index is 13.1. The van der Waals surface area contributed by atoms with Gasteiger partial charge in [-0.05, 0) is 37.7 Å². The first kappa shape index (κ1) is 21.6. The summed E-state index contributed by atoms with van der Waals surface area (Å²) in [6, 6.07) is 10.2. The molecule has 3 unspecified atom stereocenters. The lowest BCUT2D eigenvalue weighted by atomic mass is 9.97. The molecule has 3 aliphatic heterocycles. The van der Waals surface area contributed by atoms with Gasteiger partial charge >= 0.3 is 0 Å². The molecule has 0 aliphatic carbocycles. The number of nitrogens with one attached hydrogen (secondary N) is 1. The molecular formula is C20H30ClN3O3S. The van der Waals surface area contributed by atoms with Gasteiger partial charge in [0.05, 0.1) is 11.7 Å². The number of carbonyl (C=O) groups excluding carboxylic acids is 1. The quantitative estimate of drug-likeness (QED) is 0.797. The van der Waals surface area contributed by atoms with E-state index in [-0.39, 0.29) is 30.0 Å². The van der Waals surface area contributed by atoms with Crippen molar-refractivity contribution >= 4 is 28.3 Å². The molecule has 1 N–H and O–H groups in total. The maximum Gasteiger partial charge on any atom is 0.227 e. The van der Waals surface area contributed by atoms with Gasteiger partial charge in [-0.3, -0.25) is 4.79 Å². The topological polar surface area (TPSA) is 69.7 Å². The first-order valence-electron chi connectivity index (χ1n) is 10.1. The van der Waals surface area contributed by atoms with E-state index in [0.717, 1.165) is 44.3 Å². The fourth-order valence-corrected chi connectivity index (χ4v) is 6.28. The third-order valence-corrected chi connectivity index (χ3v) is 7.97. The second-order valence-corrected chi connectivity index (χ2v) is 10.1. The van der Waals surface area contributed by atoms with Crippen LogP contribution in [0.4, 0.5) is 0 Å². The van der Waals surface area contributed by atoms with Crippen LogP contribution in [0.3, 0.4) is 0 Å². The van der Waals surface area contributed by atoms with Crippen LogP contribution in [0.15, 0.2) is 30.3 Å². The van der Waals surface area contributed by atoms with Gasteiger partial charge in [0.2, 0.25) is 15.9 Å². The second-order valence-electron chi connectivity index (χ2n) is 8.15. The van der Waals surface area contributed by atoms with Crippen LogP contribution in [0.2, 0.25) is 0 Å². The minimum absolute atomic E-state index is 0. The fourth-order valence-electron chi connectivity index (χ4n) is 4.67. The van der Waals surface area contributed by atoms with Gasteiger partial charge < -0.3 is 10.2 Å². The van der Waals surface area contributed by atoms with Crippen LogP contribution in [0.5, 0.6) is 0 Å². The van der Waals surface area contributed by atoms with Crippen molar-refractivity contribution in [1.29, 1.82) is 0 Å². The second kappa shape index (κ2) is 9.11. The van der Waals surface area contributed by atoms with Gasteiger partial charge in [-0.15, -0.1) is 12.4 Å². The Morgan fingerprint density at radius 1 is 1.00 bits per heavy atom. The molecule has 4 rings (SSSR count). The van der Waals surface area contributed by atoms with Crippen molar-refractivity contribution < 1.29 is 13.2 Å². The van der Waals surface area contributed by atoms with E-state index in [1.54, 1.807) is 0 Å². The lowest BCUT2D eigenvalue weighted by Gasteiger charge is -2.35. The van der Waals surface area contributed by atoms with Gasteiger partial charge in [0.15, 0.2) is 0 Å². The molecule has 0 radical (unpaired) electrons. The molecule has 8 heteroatoms. The number of piperidine rings is 1. The highest BCUT2D eigenvalue weighted by atomic mass is 35.5. The summed E-state index contributed by atoms with van der Waals surface area (Å²) in [5.74, 6) is -0.0588. The molecule has 3 fully saturated rings. The molecule has 3 heterocycles. The standard InChI is InChI=1S/C20H29N3O3S.ClH/c24-20(22-12-10-18-8-9-19(14-22)21-18)17-7-4-11-23(13-17)27(25,26)15-16-5-2-1-3-6-16;/h1-3,5-6,17-19,21H,4,7-15H2;1H. The van der Waals surface area contributed by atoms with E-state index in [4.69, 9.17) is 0 Å². The zero-order valence-electron chi connectivity index (χ0n) is 16.1. The van der Waals surface area contributed by atoms with E-state index in [1.807, 2.05) is 35.2 Å². The number of fused-ring (bicyclic) bond motifs is 2. The van der Waals surface area contributed by atoms with E-state index < -0.39 is 10.0 Å². The Bertz CT molecular complexity index is 774. The number of amides is 1. The Morgan fingerprint density at radius 3 is 2.54 bits per heavy atom. The Morgan fingerprint density at radius 2 is 1.75 bits per heavy atom. The number of hydrogen-bond acceptors (Lipinski definition) is 4. The monoisotopic (exact) mass is 427 g/mol. The van der Waals surface area contributed by atoms with Crippen LogP contribution in [-0.2, 0) is 20.6 Å². The molecule has 3 atom stereocenters. The Labute approximate surface area is 174 Å². The molecule has 0 saturated carbocycles. The molecule has 0 spiro atoms. The highest BCUT2D eigenvalue weighted by molar-refractivity contribution is 7.88. The number of likely N-dealkylation sites (tertiary alicyclic amines) is 1. The molecule has 3 aliphatic rings. The maximum atomic E-state index is 13.1. The van der Waals surface area contributed by atoms with Crippen molar-refractivity contribution in [3.63, 3.8) is 0 Å². The zero-order chi connectivity index (χ0) is 18.9. The minimum Gasteiger partial charge on any atom is -0.341 e. The average Bonchev–Trinajstić information content (AvgIpc) is 3.00. The van der Waals surface area contributed by atoms with Crippen molar-refractivity contribution in [3.8, 4) is 0 Å². The summed E-state index contributed by atoms with van der Waals surface area (Å²) in [4.78, 5) is 15.1. The Hall–Kier alpha value is -1.15. The molecule has 156 valence electrons. The largest absolute Gasteiger partial charge is 0.341 e. The van der Waals surface area contributed by atoms with Crippen molar-refractivity contribution in [2.75, 3.05) is 26.2 Å². The van der Waals surface area contributed by atoms with E-state index in [1.165, 1.54) is 10.7 Å². The van der Waals surface area contributed by atoms with Crippen LogP contribution in [0.1, 0.15) is 37.7 Å². The van der Waals surface area contributed by atoms with Gasteiger partial charge in [-0.25, -0.2) is 12.7 Å². The Balaban J connectivity index is 0.00000225. The molecule has 1 aromatic carbocycles. The first-order chi connectivity index (χ1) is 13.0. The van der Waals surface area contributed by atoms with Crippen molar-refractivity contribution in [2.45, 2.75) is 49.9 Å². The highest BCUT2D eigenvalue weighted by Gasteiger charge is 2.37. The third-order valence-electron chi connectivity index (χ3n) is 6.15. The predicted octanol–water partition coefficient (Wildman–Crippen LogP) is 2.00. The zero-order valence-corrected chi connectivity index (χ0v) is 17.8. The highest BCUT2D eigenvalue weighted by Crippen LogP contribution is 2.26. The number of nitrogens with zero attached hydrogens (tertiary/aromatic N) is 2. The Kier molecular flexibility index (Phi) is 7.02. The van der Waals surface area contributed by atoms with Crippen molar-refractivity contribution in [3.05, 3.63) is 35.9 Å². The molecular weight excluding hydrogens is 398 g/mol. The normalized spacial score (nSPS) is 28.4. The first-order valence-corrected chi connectivity index (χ1v) is 11.7. The lowest BCUT2D eigenvalue weighted by Crippen LogP contribution is -2.48. The van der Waals surface area contributed by atoms with Crippen LogP contribution >= 0.6 is 12.4 Å². The van der Waals surface area contributed by atoms with E-state index in [9.17, 15) is 13.2 Å². The average molecular weight is 428 g/mol. The number of rotatable bonds is 4. The molecule has 1 aromatic rings. The molecule has 1 amide bonds. The summed E-state index contributed by atoms with van der Waals surface area (Å²) in [5, 5.41) is 3.60. The minimum atomic E-state index is -3.40. The summed E-state index contributed by atoms with van der Waals surface area (Å²) < 4.78 is 27.2. The van der Waals surface area contributed by atoms with Gasteiger partial charge in [0.1, 0.15) is 0 Å². The molecule has 6 nitrogen and oxygen atoms in total. The number of hydrogen-bond donors (Lipinski definition) is 1. The van der Waals surface area contributed by atoms with E-state index in [0.29, 0.717) is 25.2 Å². The van der Waals surface area contributed by atoms with Gasteiger partial charge in [0, 0.05) is 38.3 Å². The fraction of sp³-hybridized carbons (Fsp3) is 0.650. The van der Waals surface area contributed by atoms with Crippen LogP contribution in [0, 0.1) is 5.92 Å². The van der Waals surface area contributed by atoms with Gasteiger partial charge in [-0.1, -0.05) is 30.3 Å². The van der Waals surface area contributed by atoms with Crippen molar-refractivity contribution in [1.82, 2.24) is 14.5 Å². The third kappa shape index (κ3) is 4.87. The van der Waals surface area contributed by atoms with E-state index >= 15 is 0 Å². The summed E-state index contributed by atoms with van der Waals surface area (Å²) in [6.45, 7) is 2.40. The summed E-state index contributed by atoms with van der Waals surface area (Å²) in [5.41, 5.74) is 0.792. The number of carbonyl (C=O) groups is 1. The molecule has 0 aromatic heterocycles. The predicted molar refractivity (Wildman–Crippen MR) is 112 cm³/mol. The SMILES string of the molecule is Cl.O=C(C1CCCN(S(=O)(=O)Cc2ccccc2)C1)N1CCC2CCC(C1)N2. The smallest absolute Gasteiger partial charge is 0.227 e. The molecule has 3 saturated heterocycles. The number of benzene rings is 1. The summed E-state index contributed by atoms with van der Waals surface area (Å²) in [7, 11) is -3.40. The molecule has 28 heavy (non-hydrogen) atoms. The van der Waals surface area contributed by atoms with Crippen LogP contribution < -0.4 is 5.32 Å². The molecule has 2 bridgehead atoms. The van der Waals surface area contributed by atoms with Gasteiger partial charge in [-0.2, -0.15) is 0 Å². The van der Waals surface area contributed by atoms with E-state index in [2.05, 4.69) is 5.32 Å². The number of halogens is 1. The number of sulfonamides is 1. The van der Waals surface area contributed by atoms with Crippen LogP contribution in [-0.4, -0.2) is 61.8 Å².